The number of benzene rings is 1. The first-order valence-corrected chi connectivity index (χ1v) is 9.60. The molecule has 0 amide bonds. The van der Waals surface area contributed by atoms with Gasteiger partial charge in [0.15, 0.2) is 5.78 Å². The van der Waals surface area contributed by atoms with Gasteiger partial charge in [-0.3, -0.25) is 9.78 Å². The molecule has 2 aromatic heterocycles. The fraction of sp³-hybridized carbons (Fsp3) is 0.300. The Morgan fingerprint density at radius 3 is 2.59 bits per heavy atom. The van der Waals surface area contributed by atoms with Gasteiger partial charge in [0.2, 0.25) is 0 Å². The van der Waals surface area contributed by atoms with Crippen LogP contribution in [0.3, 0.4) is 0 Å². The first-order chi connectivity index (χ1) is 12.9. The summed E-state index contributed by atoms with van der Waals surface area (Å²) >= 11 is 1.46. The Morgan fingerprint density at radius 1 is 1.15 bits per heavy atom. The zero-order valence-corrected chi connectivity index (χ0v) is 15.2. The molecule has 1 aliphatic heterocycles. The number of ketones is 1. The quantitative estimate of drug-likeness (QED) is 0.561. The summed E-state index contributed by atoms with van der Waals surface area (Å²) in [5, 5.41) is 2.61. The maximum absolute atomic E-state index is 12.9. The van der Waals surface area contributed by atoms with Crippen LogP contribution < -0.4 is 4.90 Å². The Bertz CT molecular complexity index is 961. The van der Waals surface area contributed by atoms with Crippen molar-refractivity contribution >= 4 is 33.7 Å². The van der Waals surface area contributed by atoms with Crippen LogP contribution in [0.25, 0.3) is 10.9 Å². The van der Waals surface area contributed by atoms with E-state index in [9.17, 15) is 18.0 Å². The number of piperidine rings is 1. The van der Waals surface area contributed by atoms with Crippen LogP contribution in [0.2, 0.25) is 0 Å². The monoisotopic (exact) mass is 390 g/mol. The maximum Gasteiger partial charge on any atom is 0.416 e. The molecule has 1 aliphatic rings. The molecule has 1 saturated heterocycles. The number of carbonyl (C=O) groups is 1. The van der Waals surface area contributed by atoms with Crippen molar-refractivity contribution in [3.05, 3.63) is 58.4 Å². The highest BCUT2D eigenvalue weighted by atomic mass is 32.1. The number of aromatic nitrogens is 1. The predicted octanol–water partition coefficient (Wildman–Crippen LogP) is 5.41. The van der Waals surface area contributed by atoms with Crippen molar-refractivity contribution in [1.82, 2.24) is 4.98 Å². The largest absolute Gasteiger partial charge is 0.416 e. The number of pyridine rings is 1. The minimum Gasteiger partial charge on any atom is -0.371 e. The van der Waals surface area contributed by atoms with Crippen LogP contribution >= 0.6 is 11.3 Å². The minimum atomic E-state index is -4.38. The van der Waals surface area contributed by atoms with E-state index in [1.807, 2.05) is 23.6 Å². The average Bonchev–Trinajstić information content (AvgIpc) is 3.21. The smallest absolute Gasteiger partial charge is 0.371 e. The summed E-state index contributed by atoms with van der Waals surface area (Å²) in [6, 6.07) is 9.24. The van der Waals surface area contributed by atoms with Gasteiger partial charge >= 0.3 is 6.18 Å². The van der Waals surface area contributed by atoms with Crippen LogP contribution in [-0.2, 0) is 6.18 Å². The fourth-order valence-electron chi connectivity index (χ4n) is 3.59. The Kier molecular flexibility index (Phi) is 4.63. The van der Waals surface area contributed by atoms with E-state index in [1.54, 1.807) is 6.20 Å². The van der Waals surface area contributed by atoms with Crippen molar-refractivity contribution in [3.63, 3.8) is 0 Å². The van der Waals surface area contributed by atoms with Crippen LogP contribution in [0.15, 0.2) is 48.0 Å². The number of hydrogen-bond acceptors (Lipinski definition) is 4. The van der Waals surface area contributed by atoms with Gasteiger partial charge in [-0.15, -0.1) is 11.3 Å². The zero-order valence-electron chi connectivity index (χ0n) is 14.4. The second-order valence-corrected chi connectivity index (χ2v) is 7.61. The lowest BCUT2D eigenvalue weighted by Crippen LogP contribution is -2.36. The molecule has 0 N–H and O–H groups in total. The van der Waals surface area contributed by atoms with E-state index >= 15 is 0 Å². The van der Waals surface area contributed by atoms with Crippen LogP contribution in [0.5, 0.6) is 0 Å². The van der Waals surface area contributed by atoms with Crippen molar-refractivity contribution in [2.24, 2.45) is 5.92 Å². The molecule has 0 unspecified atom stereocenters. The van der Waals surface area contributed by atoms with Gasteiger partial charge < -0.3 is 4.90 Å². The Hall–Kier alpha value is -2.41. The number of anilines is 1. The standard InChI is InChI=1S/C20H17F3N2OS/c21-20(22,23)14-3-4-15-16(12-14)24-8-5-17(15)25-9-6-13(7-10-25)19(26)18-2-1-11-27-18/h1-5,8,11-13H,6-7,9-10H2. The van der Waals surface area contributed by atoms with Gasteiger partial charge in [0, 0.05) is 36.3 Å². The van der Waals surface area contributed by atoms with Crippen molar-refractivity contribution in [2.45, 2.75) is 19.0 Å². The molecule has 1 fully saturated rings. The molecule has 3 nitrogen and oxygen atoms in total. The number of thiophene rings is 1. The van der Waals surface area contributed by atoms with E-state index in [4.69, 9.17) is 0 Å². The molecule has 3 heterocycles. The fourth-order valence-corrected chi connectivity index (χ4v) is 4.33. The molecule has 0 bridgehead atoms. The summed E-state index contributed by atoms with van der Waals surface area (Å²) in [6.07, 6.45) is -1.37. The van der Waals surface area contributed by atoms with Gasteiger partial charge in [0.25, 0.3) is 0 Å². The number of alkyl halides is 3. The van der Waals surface area contributed by atoms with Gasteiger partial charge in [0.05, 0.1) is 16.0 Å². The van der Waals surface area contributed by atoms with Crippen LogP contribution in [0, 0.1) is 5.92 Å². The zero-order chi connectivity index (χ0) is 19.0. The third kappa shape index (κ3) is 3.56. The summed E-state index contributed by atoms with van der Waals surface area (Å²) in [5.41, 5.74) is 0.509. The van der Waals surface area contributed by atoms with Gasteiger partial charge in [0.1, 0.15) is 0 Å². The molecule has 1 aromatic carbocycles. The van der Waals surface area contributed by atoms with Crippen molar-refractivity contribution in [3.8, 4) is 0 Å². The highest BCUT2D eigenvalue weighted by Gasteiger charge is 2.31. The average molecular weight is 390 g/mol. The summed E-state index contributed by atoms with van der Waals surface area (Å²) in [6.45, 7) is 1.39. The first kappa shape index (κ1) is 18.0. The molecule has 27 heavy (non-hydrogen) atoms. The van der Waals surface area contributed by atoms with Gasteiger partial charge in [-0.1, -0.05) is 12.1 Å². The molecule has 3 aromatic rings. The predicted molar refractivity (Wildman–Crippen MR) is 100 cm³/mol. The second-order valence-electron chi connectivity index (χ2n) is 6.66. The molecule has 4 rings (SSSR count). The molecular formula is C20H17F3N2OS. The lowest BCUT2D eigenvalue weighted by molar-refractivity contribution is -0.137. The number of hydrogen-bond donors (Lipinski definition) is 0. The highest BCUT2D eigenvalue weighted by molar-refractivity contribution is 7.12. The normalized spacial score (nSPS) is 16.0. The van der Waals surface area contributed by atoms with E-state index in [1.165, 1.54) is 17.4 Å². The Balaban J connectivity index is 1.54. The summed E-state index contributed by atoms with van der Waals surface area (Å²) < 4.78 is 38.8. The third-order valence-electron chi connectivity index (χ3n) is 5.02. The van der Waals surface area contributed by atoms with Crippen LogP contribution in [-0.4, -0.2) is 23.9 Å². The maximum atomic E-state index is 12.9. The molecule has 0 aliphatic carbocycles. The number of Topliss-reactive ketones (excluding diaryl/α,β-unsaturated/α-hetero) is 1. The van der Waals surface area contributed by atoms with Crippen LogP contribution in [0.4, 0.5) is 18.9 Å². The summed E-state index contributed by atoms with van der Waals surface area (Å²) in [7, 11) is 0. The number of nitrogens with zero attached hydrogens (tertiary/aromatic N) is 2. The highest BCUT2D eigenvalue weighted by Crippen LogP contribution is 2.35. The number of carbonyl (C=O) groups excluding carboxylic acids is 1. The Morgan fingerprint density at radius 2 is 1.93 bits per heavy atom. The van der Waals surface area contributed by atoms with Crippen molar-refractivity contribution < 1.29 is 18.0 Å². The van der Waals surface area contributed by atoms with Crippen LogP contribution in [0.1, 0.15) is 28.1 Å². The third-order valence-corrected chi connectivity index (χ3v) is 5.90. The number of rotatable bonds is 3. The summed E-state index contributed by atoms with van der Waals surface area (Å²) in [4.78, 5) is 19.6. The number of fused-ring (bicyclic) bond motifs is 1. The molecule has 0 radical (unpaired) electrons. The molecule has 7 heteroatoms. The molecule has 140 valence electrons. The van der Waals surface area contributed by atoms with E-state index in [0.717, 1.165) is 35.5 Å². The van der Waals surface area contributed by atoms with Gasteiger partial charge in [-0.2, -0.15) is 13.2 Å². The van der Waals surface area contributed by atoms with E-state index < -0.39 is 11.7 Å². The minimum absolute atomic E-state index is 0.00448. The lowest BCUT2D eigenvalue weighted by atomic mass is 9.91. The van der Waals surface area contributed by atoms with Gasteiger partial charge in [-0.05, 0) is 42.5 Å². The topological polar surface area (TPSA) is 33.2 Å². The molecule has 0 spiro atoms. The van der Waals surface area contributed by atoms with E-state index in [2.05, 4.69) is 9.88 Å². The lowest BCUT2D eigenvalue weighted by Gasteiger charge is -2.33. The van der Waals surface area contributed by atoms with E-state index in [0.29, 0.717) is 24.0 Å². The van der Waals surface area contributed by atoms with Gasteiger partial charge in [-0.25, -0.2) is 0 Å². The van der Waals surface area contributed by atoms with E-state index in [-0.39, 0.29) is 11.7 Å². The Labute approximate surface area is 158 Å². The number of halogens is 3. The second kappa shape index (κ2) is 6.96. The molecule has 0 atom stereocenters. The SMILES string of the molecule is O=C(c1cccs1)C1CCN(c2ccnc3cc(C(F)(F)F)ccc23)CC1. The first-order valence-electron chi connectivity index (χ1n) is 8.72. The van der Waals surface area contributed by atoms with Crippen molar-refractivity contribution in [1.29, 1.82) is 0 Å². The van der Waals surface area contributed by atoms with Crippen molar-refractivity contribution in [2.75, 3.05) is 18.0 Å². The molecular weight excluding hydrogens is 373 g/mol. The molecule has 0 saturated carbocycles. The summed E-state index contributed by atoms with van der Waals surface area (Å²) in [5.74, 6) is 0.198.